The predicted octanol–water partition coefficient (Wildman–Crippen LogP) is 5.38. The number of aryl methyl sites for hydroxylation is 1. The number of hydrogen-bond acceptors (Lipinski definition) is 1. The minimum Gasteiger partial charge on any atom is -0.346 e. The van der Waals surface area contributed by atoms with E-state index in [1.807, 2.05) is 55.7 Å². The zero-order valence-electron chi connectivity index (χ0n) is 14.4. The summed E-state index contributed by atoms with van der Waals surface area (Å²) in [5, 5.41) is 3.64. The van der Waals surface area contributed by atoms with Crippen molar-refractivity contribution in [1.82, 2.24) is 4.57 Å². The van der Waals surface area contributed by atoms with E-state index in [-0.39, 0.29) is 11.9 Å². The highest BCUT2D eigenvalue weighted by atomic mass is 35.5. The smallest absolute Gasteiger partial charge is 0.226 e. The number of hydrogen-bond donors (Lipinski definition) is 1. The fourth-order valence-corrected chi connectivity index (χ4v) is 3.12. The highest BCUT2D eigenvalue weighted by molar-refractivity contribution is 6.31. The molecule has 0 radical (unpaired) electrons. The summed E-state index contributed by atoms with van der Waals surface area (Å²) in [6.07, 6.45) is 4.33. The van der Waals surface area contributed by atoms with Gasteiger partial charge in [-0.15, -0.1) is 0 Å². The van der Waals surface area contributed by atoms with E-state index in [9.17, 15) is 4.79 Å². The van der Waals surface area contributed by atoms with Crippen molar-refractivity contribution >= 4 is 23.2 Å². The van der Waals surface area contributed by atoms with Gasteiger partial charge in [-0.3, -0.25) is 4.79 Å². The maximum Gasteiger partial charge on any atom is 0.226 e. The molecule has 0 unspecified atom stereocenters. The maximum absolute atomic E-state index is 12.7. The number of amides is 1. The second-order valence-corrected chi connectivity index (χ2v) is 6.63. The first-order chi connectivity index (χ1) is 12.0. The molecule has 0 bridgehead atoms. The van der Waals surface area contributed by atoms with Crippen molar-refractivity contribution in [3.63, 3.8) is 0 Å². The van der Waals surface area contributed by atoms with Crippen LogP contribution in [0.1, 0.15) is 29.2 Å². The lowest BCUT2D eigenvalue weighted by Gasteiger charge is -2.20. The van der Waals surface area contributed by atoms with Crippen LogP contribution in [0, 0.1) is 13.8 Å². The molecule has 4 heteroatoms. The Morgan fingerprint density at radius 3 is 2.52 bits per heavy atom. The third kappa shape index (κ3) is 4.12. The summed E-state index contributed by atoms with van der Waals surface area (Å²) in [6.45, 7) is 3.97. The minimum atomic E-state index is -0.0469. The molecule has 3 aromatic rings. The largest absolute Gasteiger partial charge is 0.346 e. The first kappa shape index (κ1) is 17.3. The van der Waals surface area contributed by atoms with E-state index in [4.69, 9.17) is 11.6 Å². The maximum atomic E-state index is 12.7. The van der Waals surface area contributed by atoms with Crippen molar-refractivity contribution in [3.05, 3.63) is 88.7 Å². The lowest BCUT2D eigenvalue weighted by molar-refractivity contribution is -0.116. The Labute approximate surface area is 153 Å². The average molecular weight is 353 g/mol. The van der Waals surface area contributed by atoms with Gasteiger partial charge in [-0.2, -0.15) is 0 Å². The van der Waals surface area contributed by atoms with Gasteiger partial charge in [0.25, 0.3) is 0 Å². The topological polar surface area (TPSA) is 34.0 Å². The molecule has 3 rings (SSSR count). The number of carbonyl (C=O) groups is 1. The van der Waals surface area contributed by atoms with E-state index in [0.29, 0.717) is 11.4 Å². The van der Waals surface area contributed by atoms with Crippen LogP contribution in [-0.2, 0) is 4.79 Å². The second-order valence-electron chi connectivity index (χ2n) is 6.22. The summed E-state index contributed by atoms with van der Waals surface area (Å²) in [5.74, 6) is -0.0365. The SMILES string of the molecule is Cc1cccc([C@H](CC(=O)Nc2cccc(Cl)c2C)n2cccc2)c1. The predicted molar refractivity (Wildman–Crippen MR) is 103 cm³/mol. The summed E-state index contributed by atoms with van der Waals surface area (Å²) >= 11 is 6.14. The molecule has 1 atom stereocenters. The van der Waals surface area contributed by atoms with Crippen LogP contribution in [0.15, 0.2) is 67.0 Å². The molecule has 3 nitrogen and oxygen atoms in total. The fourth-order valence-electron chi connectivity index (χ4n) is 2.95. The van der Waals surface area contributed by atoms with Crippen LogP contribution >= 0.6 is 11.6 Å². The zero-order valence-corrected chi connectivity index (χ0v) is 15.1. The van der Waals surface area contributed by atoms with Gasteiger partial charge in [0.05, 0.1) is 12.5 Å². The van der Waals surface area contributed by atoms with Gasteiger partial charge >= 0.3 is 0 Å². The molecule has 1 N–H and O–H groups in total. The molecule has 0 saturated carbocycles. The van der Waals surface area contributed by atoms with E-state index < -0.39 is 0 Å². The highest BCUT2D eigenvalue weighted by Crippen LogP contribution is 2.26. The summed E-state index contributed by atoms with van der Waals surface area (Å²) < 4.78 is 2.07. The third-order valence-corrected chi connectivity index (χ3v) is 4.74. The van der Waals surface area contributed by atoms with Crippen molar-refractivity contribution in [1.29, 1.82) is 0 Å². The Bertz CT molecular complexity index is 871. The molecule has 1 aromatic heterocycles. The quantitative estimate of drug-likeness (QED) is 0.657. The fraction of sp³-hybridized carbons (Fsp3) is 0.190. The molecular formula is C21H21ClN2O. The molecule has 2 aromatic carbocycles. The van der Waals surface area contributed by atoms with Gasteiger partial charge in [0.15, 0.2) is 0 Å². The van der Waals surface area contributed by atoms with Crippen LogP contribution in [0.3, 0.4) is 0 Å². The molecule has 128 valence electrons. The van der Waals surface area contributed by atoms with Crippen molar-refractivity contribution in [3.8, 4) is 0 Å². The van der Waals surface area contributed by atoms with E-state index >= 15 is 0 Å². The molecule has 25 heavy (non-hydrogen) atoms. The normalized spacial score (nSPS) is 12.0. The lowest BCUT2D eigenvalue weighted by atomic mass is 10.0. The van der Waals surface area contributed by atoms with Crippen LogP contribution in [0.5, 0.6) is 0 Å². The molecule has 1 amide bonds. The Hall–Kier alpha value is -2.52. The first-order valence-corrected chi connectivity index (χ1v) is 8.66. The third-order valence-electron chi connectivity index (χ3n) is 4.33. The van der Waals surface area contributed by atoms with E-state index in [1.54, 1.807) is 0 Å². The van der Waals surface area contributed by atoms with Gasteiger partial charge in [-0.05, 0) is 49.2 Å². The van der Waals surface area contributed by atoms with Gasteiger partial charge in [0.1, 0.15) is 0 Å². The lowest BCUT2D eigenvalue weighted by Crippen LogP contribution is -2.20. The van der Waals surface area contributed by atoms with Gasteiger partial charge in [-0.25, -0.2) is 0 Å². The van der Waals surface area contributed by atoms with Crippen molar-refractivity contribution in [2.45, 2.75) is 26.3 Å². The Kier molecular flexibility index (Phi) is 5.25. The van der Waals surface area contributed by atoms with Crippen LogP contribution < -0.4 is 5.32 Å². The molecule has 0 aliphatic heterocycles. The van der Waals surface area contributed by atoms with E-state index in [1.165, 1.54) is 5.56 Å². The summed E-state index contributed by atoms with van der Waals surface area (Å²) in [6, 6.07) is 17.7. The molecule has 0 aliphatic carbocycles. The van der Waals surface area contributed by atoms with Gasteiger partial charge < -0.3 is 9.88 Å². The number of nitrogens with one attached hydrogen (secondary N) is 1. The molecule has 0 saturated heterocycles. The van der Waals surface area contributed by atoms with Crippen LogP contribution in [0.25, 0.3) is 0 Å². The number of benzene rings is 2. The van der Waals surface area contributed by atoms with Crippen LogP contribution in [0.4, 0.5) is 5.69 Å². The summed E-state index contributed by atoms with van der Waals surface area (Å²) in [7, 11) is 0. The monoisotopic (exact) mass is 352 g/mol. The number of aromatic nitrogens is 1. The number of nitrogens with zero attached hydrogens (tertiary/aromatic N) is 1. The van der Waals surface area contributed by atoms with E-state index in [2.05, 4.69) is 35.0 Å². The average Bonchev–Trinajstić information content (AvgIpc) is 3.11. The number of halogens is 1. The molecular weight excluding hydrogens is 332 g/mol. The number of carbonyl (C=O) groups excluding carboxylic acids is 1. The van der Waals surface area contributed by atoms with Crippen molar-refractivity contribution in [2.24, 2.45) is 0 Å². The zero-order chi connectivity index (χ0) is 17.8. The first-order valence-electron chi connectivity index (χ1n) is 8.28. The summed E-state index contributed by atoms with van der Waals surface area (Å²) in [5.41, 5.74) is 3.94. The number of rotatable bonds is 5. The molecule has 0 spiro atoms. The Balaban J connectivity index is 1.83. The van der Waals surface area contributed by atoms with Gasteiger partial charge in [0, 0.05) is 23.1 Å². The Morgan fingerprint density at radius 1 is 1.08 bits per heavy atom. The Morgan fingerprint density at radius 2 is 1.80 bits per heavy atom. The molecule has 0 fully saturated rings. The molecule has 1 heterocycles. The van der Waals surface area contributed by atoms with Crippen molar-refractivity contribution in [2.75, 3.05) is 5.32 Å². The summed E-state index contributed by atoms with van der Waals surface area (Å²) in [4.78, 5) is 12.7. The van der Waals surface area contributed by atoms with Crippen molar-refractivity contribution < 1.29 is 4.79 Å². The van der Waals surface area contributed by atoms with Crippen LogP contribution in [0.2, 0.25) is 5.02 Å². The number of anilines is 1. The van der Waals surface area contributed by atoms with Gasteiger partial charge in [-0.1, -0.05) is 47.5 Å². The minimum absolute atomic E-state index is 0.0365. The van der Waals surface area contributed by atoms with Gasteiger partial charge in [0.2, 0.25) is 5.91 Å². The standard InChI is InChI=1S/C21H21ClN2O/c1-15-7-5-8-17(13-15)20(24-11-3-4-12-24)14-21(25)23-19-10-6-9-18(22)16(19)2/h3-13,20H,14H2,1-2H3,(H,23,25)/t20-/m0/s1. The second kappa shape index (κ2) is 7.58. The highest BCUT2D eigenvalue weighted by Gasteiger charge is 2.18. The van der Waals surface area contributed by atoms with E-state index in [0.717, 1.165) is 16.8 Å². The molecule has 0 aliphatic rings. The van der Waals surface area contributed by atoms with Crippen LogP contribution in [-0.4, -0.2) is 10.5 Å².